The maximum atomic E-state index is 6.27. The molecule has 0 spiro atoms. The highest BCUT2D eigenvalue weighted by Crippen LogP contribution is 2.58. The molecular formula is C11H21NS. The van der Waals surface area contributed by atoms with E-state index >= 15 is 0 Å². The van der Waals surface area contributed by atoms with Crippen molar-refractivity contribution in [3.8, 4) is 0 Å². The molecule has 2 heteroatoms. The van der Waals surface area contributed by atoms with Gasteiger partial charge in [0.2, 0.25) is 0 Å². The average Bonchev–Trinajstić information content (AvgIpc) is 2.13. The molecule has 1 nitrogen and oxygen atoms in total. The highest BCUT2D eigenvalue weighted by atomic mass is 32.2. The third-order valence-corrected chi connectivity index (χ3v) is 6.28. The summed E-state index contributed by atoms with van der Waals surface area (Å²) in [4.78, 5) is 0. The Morgan fingerprint density at radius 3 is 2.23 bits per heavy atom. The smallest absolute Gasteiger partial charge is 0.0404 e. The zero-order chi connectivity index (χ0) is 10.3. The Bertz CT molecular complexity index is 224. The molecule has 1 fully saturated rings. The molecule has 13 heavy (non-hydrogen) atoms. The first-order valence-corrected chi connectivity index (χ1v) is 5.88. The number of thioether (sulfide) groups is 1. The number of hydrogen-bond acceptors (Lipinski definition) is 2. The van der Waals surface area contributed by atoms with Crippen LogP contribution in [0.4, 0.5) is 0 Å². The number of rotatable bonds is 3. The van der Waals surface area contributed by atoms with Crippen LogP contribution in [0.25, 0.3) is 0 Å². The molecule has 0 aromatic carbocycles. The molecule has 1 aliphatic rings. The molecule has 0 saturated carbocycles. The lowest BCUT2D eigenvalue weighted by Crippen LogP contribution is -2.70. The zero-order valence-electron chi connectivity index (χ0n) is 9.18. The van der Waals surface area contributed by atoms with E-state index in [0.717, 1.165) is 12.2 Å². The van der Waals surface area contributed by atoms with E-state index < -0.39 is 0 Å². The van der Waals surface area contributed by atoms with Gasteiger partial charge in [-0.25, -0.2) is 0 Å². The Morgan fingerprint density at radius 1 is 1.62 bits per heavy atom. The molecule has 1 saturated heterocycles. The summed E-state index contributed by atoms with van der Waals surface area (Å²) in [6, 6.07) is 0. The van der Waals surface area contributed by atoms with Crippen molar-refractivity contribution in [2.75, 3.05) is 5.75 Å². The topological polar surface area (TPSA) is 26.0 Å². The van der Waals surface area contributed by atoms with Gasteiger partial charge in [0, 0.05) is 21.5 Å². The molecule has 2 N–H and O–H groups in total. The number of allylic oxidation sites excluding steroid dienone is 1. The van der Waals surface area contributed by atoms with Crippen LogP contribution in [0.3, 0.4) is 0 Å². The minimum atomic E-state index is -0.0450. The molecule has 1 heterocycles. The Morgan fingerprint density at radius 2 is 2.15 bits per heavy atom. The fourth-order valence-electron chi connectivity index (χ4n) is 2.01. The minimum absolute atomic E-state index is 0.0450. The lowest BCUT2D eigenvalue weighted by molar-refractivity contribution is 0.194. The maximum Gasteiger partial charge on any atom is 0.0404 e. The molecule has 0 amide bonds. The lowest BCUT2D eigenvalue weighted by Gasteiger charge is -2.61. The van der Waals surface area contributed by atoms with E-state index in [9.17, 15) is 0 Å². The van der Waals surface area contributed by atoms with Gasteiger partial charge in [-0.3, -0.25) is 0 Å². The van der Waals surface area contributed by atoms with Gasteiger partial charge in [-0.2, -0.15) is 11.8 Å². The molecule has 0 radical (unpaired) electrons. The quantitative estimate of drug-likeness (QED) is 0.707. The van der Waals surface area contributed by atoms with E-state index in [0.29, 0.717) is 0 Å². The van der Waals surface area contributed by atoms with Crippen molar-refractivity contribution < 1.29 is 0 Å². The van der Waals surface area contributed by atoms with Crippen LogP contribution in [-0.4, -0.2) is 16.0 Å². The van der Waals surface area contributed by atoms with E-state index in [-0.39, 0.29) is 15.7 Å². The predicted octanol–water partition coefficient (Wildman–Crippen LogP) is 2.81. The van der Waals surface area contributed by atoms with Crippen molar-refractivity contribution in [1.82, 2.24) is 0 Å². The first-order chi connectivity index (χ1) is 5.83. The molecule has 0 bridgehead atoms. The fraction of sp³-hybridized carbons (Fsp3) is 0.818. The van der Waals surface area contributed by atoms with E-state index in [1.54, 1.807) is 0 Å². The monoisotopic (exact) mass is 199 g/mol. The first-order valence-electron chi connectivity index (χ1n) is 4.89. The average molecular weight is 199 g/mol. The van der Waals surface area contributed by atoms with Crippen molar-refractivity contribution in [3.63, 3.8) is 0 Å². The SMILES string of the molecule is C=CC(C)(CC)C1(C)SCC1(C)N. The summed E-state index contributed by atoms with van der Waals surface area (Å²) in [6.07, 6.45) is 3.18. The standard InChI is InChI=1S/C11H21NS/c1-6-9(3,7-2)11(5)10(4,12)8-13-11/h6H,1,7-8,12H2,2-5H3. The van der Waals surface area contributed by atoms with E-state index in [1.807, 2.05) is 11.8 Å². The van der Waals surface area contributed by atoms with Gasteiger partial charge in [0.15, 0.2) is 0 Å². The van der Waals surface area contributed by atoms with Crippen molar-refractivity contribution in [2.45, 2.75) is 44.4 Å². The molecule has 3 atom stereocenters. The molecular weight excluding hydrogens is 178 g/mol. The van der Waals surface area contributed by atoms with Crippen molar-refractivity contribution in [2.24, 2.45) is 11.1 Å². The van der Waals surface area contributed by atoms with Crippen LogP contribution in [0.1, 0.15) is 34.1 Å². The van der Waals surface area contributed by atoms with Crippen LogP contribution in [0.5, 0.6) is 0 Å². The second-order valence-electron chi connectivity index (χ2n) is 4.71. The van der Waals surface area contributed by atoms with Gasteiger partial charge in [0.05, 0.1) is 0 Å². The highest BCUT2D eigenvalue weighted by Gasteiger charge is 2.59. The number of nitrogens with two attached hydrogens (primary N) is 1. The summed E-state index contributed by atoms with van der Waals surface area (Å²) in [5.74, 6) is 1.06. The van der Waals surface area contributed by atoms with Crippen molar-refractivity contribution in [1.29, 1.82) is 0 Å². The Kier molecular flexibility index (Phi) is 2.59. The molecule has 0 aromatic heterocycles. The van der Waals surface area contributed by atoms with Gasteiger partial charge in [-0.05, 0) is 20.3 Å². The van der Waals surface area contributed by atoms with Crippen LogP contribution in [0.2, 0.25) is 0 Å². The molecule has 1 rings (SSSR count). The summed E-state index contributed by atoms with van der Waals surface area (Å²) in [6.45, 7) is 12.8. The summed E-state index contributed by atoms with van der Waals surface area (Å²) in [5, 5.41) is 0. The molecule has 0 aromatic rings. The minimum Gasteiger partial charge on any atom is -0.323 e. The third kappa shape index (κ3) is 1.26. The van der Waals surface area contributed by atoms with Crippen molar-refractivity contribution >= 4 is 11.8 Å². The van der Waals surface area contributed by atoms with Crippen LogP contribution < -0.4 is 5.73 Å². The lowest BCUT2D eigenvalue weighted by atomic mass is 9.66. The van der Waals surface area contributed by atoms with Crippen LogP contribution in [-0.2, 0) is 0 Å². The van der Waals surface area contributed by atoms with Gasteiger partial charge < -0.3 is 5.73 Å². The van der Waals surface area contributed by atoms with Gasteiger partial charge >= 0.3 is 0 Å². The third-order valence-electron chi connectivity index (χ3n) is 4.03. The highest BCUT2D eigenvalue weighted by molar-refractivity contribution is 8.02. The summed E-state index contributed by atoms with van der Waals surface area (Å²) in [7, 11) is 0. The summed E-state index contributed by atoms with van der Waals surface area (Å²) >= 11 is 1.97. The second-order valence-corrected chi connectivity index (χ2v) is 6.11. The number of hydrogen-bond donors (Lipinski definition) is 1. The first kappa shape index (κ1) is 11.1. The van der Waals surface area contributed by atoms with E-state index in [2.05, 4.69) is 40.3 Å². The molecule has 0 aliphatic carbocycles. The van der Waals surface area contributed by atoms with E-state index in [1.165, 1.54) is 0 Å². The van der Waals surface area contributed by atoms with E-state index in [4.69, 9.17) is 5.73 Å². The van der Waals surface area contributed by atoms with Gasteiger partial charge in [0.1, 0.15) is 0 Å². The summed E-state index contributed by atoms with van der Waals surface area (Å²) in [5.41, 5.74) is 6.38. The van der Waals surface area contributed by atoms with Gasteiger partial charge in [-0.1, -0.05) is 19.9 Å². The van der Waals surface area contributed by atoms with Gasteiger partial charge in [-0.15, -0.1) is 6.58 Å². The van der Waals surface area contributed by atoms with Crippen molar-refractivity contribution in [3.05, 3.63) is 12.7 Å². The van der Waals surface area contributed by atoms with Crippen LogP contribution >= 0.6 is 11.8 Å². The fourth-order valence-corrected chi connectivity index (χ4v) is 3.60. The predicted molar refractivity (Wildman–Crippen MR) is 62.1 cm³/mol. The summed E-state index contributed by atoms with van der Waals surface area (Å²) < 4.78 is 0.149. The normalized spacial score (nSPS) is 43.5. The van der Waals surface area contributed by atoms with Crippen LogP contribution in [0.15, 0.2) is 12.7 Å². The largest absolute Gasteiger partial charge is 0.323 e. The maximum absolute atomic E-state index is 6.27. The van der Waals surface area contributed by atoms with Crippen LogP contribution in [0, 0.1) is 5.41 Å². The Labute approximate surface area is 86.2 Å². The molecule has 1 aliphatic heterocycles. The van der Waals surface area contributed by atoms with Gasteiger partial charge in [0.25, 0.3) is 0 Å². The zero-order valence-corrected chi connectivity index (χ0v) is 10.0. The Balaban J connectivity index is 2.98. The Hall–Kier alpha value is 0.0500. The molecule has 76 valence electrons. The molecule has 3 unspecified atom stereocenters. The second kappa shape index (κ2) is 3.03.